The first kappa shape index (κ1) is 14.3. The summed E-state index contributed by atoms with van der Waals surface area (Å²) in [6.45, 7) is 7.89. The van der Waals surface area contributed by atoms with E-state index in [1.54, 1.807) is 4.90 Å². The Morgan fingerprint density at radius 3 is 2.48 bits per heavy atom. The maximum Gasteiger partial charge on any atom is 0.299 e. The Bertz CT molecular complexity index is 589. The van der Waals surface area contributed by atoms with Crippen LogP contribution in [0.4, 0.5) is 5.69 Å². The van der Waals surface area contributed by atoms with Crippen LogP contribution in [0.1, 0.15) is 40.7 Å². The normalized spacial score (nSPS) is 18.7. The lowest BCUT2D eigenvalue weighted by Crippen LogP contribution is -2.33. The van der Waals surface area contributed by atoms with E-state index in [0.717, 1.165) is 29.8 Å². The minimum Gasteiger partial charge on any atom is -0.305 e. The average molecular weight is 286 g/mol. The third kappa shape index (κ3) is 2.60. The highest BCUT2D eigenvalue weighted by Crippen LogP contribution is 2.32. The SMILES string of the molecule is Cc1cc(C)c2c(c1)N(CCCN1CCCC1)C(=O)C2=O. The largest absolute Gasteiger partial charge is 0.305 e. The number of hydrogen-bond donors (Lipinski definition) is 0. The van der Waals surface area contributed by atoms with Gasteiger partial charge in [-0.05, 0) is 69.9 Å². The zero-order valence-corrected chi connectivity index (χ0v) is 12.8. The molecule has 1 aromatic rings. The quantitative estimate of drug-likeness (QED) is 0.798. The molecule has 1 amide bonds. The van der Waals surface area contributed by atoms with Crippen molar-refractivity contribution in [1.82, 2.24) is 4.90 Å². The number of rotatable bonds is 4. The van der Waals surface area contributed by atoms with E-state index in [1.165, 1.54) is 25.9 Å². The topological polar surface area (TPSA) is 40.6 Å². The average Bonchev–Trinajstić information content (AvgIpc) is 3.01. The van der Waals surface area contributed by atoms with Gasteiger partial charge in [0.15, 0.2) is 0 Å². The fourth-order valence-electron chi connectivity index (χ4n) is 3.47. The summed E-state index contributed by atoms with van der Waals surface area (Å²) in [4.78, 5) is 28.5. The highest BCUT2D eigenvalue weighted by atomic mass is 16.2. The summed E-state index contributed by atoms with van der Waals surface area (Å²) in [5, 5.41) is 0. The van der Waals surface area contributed by atoms with Crippen LogP contribution in [0.5, 0.6) is 0 Å². The van der Waals surface area contributed by atoms with Crippen molar-refractivity contribution in [3.63, 3.8) is 0 Å². The first-order chi connectivity index (χ1) is 10.1. The Kier molecular flexibility index (Phi) is 3.81. The third-order valence-electron chi connectivity index (χ3n) is 4.47. The Morgan fingerprint density at radius 2 is 1.76 bits per heavy atom. The lowest BCUT2D eigenvalue weighted by molar-refractivity contribution is -0.114. The van der Waals surface area contributed by atoms with Gasteiger partial charge >= 0.3 is 0 Å². The van der Waals surface area contributed by atoms with Gasteiger partial charge in [-0.2, -0.15) is 0 Å². The van der Waals surface area contributed by atoms with Gasteiger partial charge in [0.2, 0.25) is 0 Å². The number of likely N-dealkylation sites (tertiary alicyclic amines) is 1. The molecule has 0 aliphatic carbocycles. The summed E-state index contributed by atoms with van der Waals surface area (Å²) < 4.78 is 0. The number of anilines is 1. The Hall–Kier alpha value is -1.68. The van der Waals surface area contributed by atoms with Crippen LogP contribution in [-0.4, -0.2) is 42.8 Å². The molecule has 2 aliphatic rings. The summed E-state index contributed by atoms with van der Waals surface area (Å²) in [5.74, 6) is -0.705. The van der Waals surface area contributed by atoms with Crippen molar-refractivity contribution in [2.45, 2.75) is 33.1 Å². The van der Waals surface area contributed by atoms with Crippen molar-refractivity contribution in [3.05, 3.63) is 28.8 Å². The molecule has 4 heteroatoms. The van der Waals surface area contributed by atoms with Crippen molar-refractivity contribution in [2.24, 2.45) is 0 Å². The van der Waals surface area contributed by atoms with E-state index in [1.807, 2.05) is 26.0 Å². The molecule has 0 atom stereocenters. The van der Waals surface area contributed by atoms with Crippen LogP contribution in [0.3, 0.4) is 0 Å². The van der Waals surface area contributed by atoms with Crippen molar-refractivity contribution in [3.8, 4) is 0 Å². The predicted molar refractivity (Wildman–Crippen MR) is 82.9 cm³/mol. The second kappa shape index (κ2) is 5.60. The van der Waals surface area contributed by atoms with Crippen LogP contribution in [0, 0.1) is 13.8 Å². The van der Waals surface area contributed by atoms with Gasteiger partial charge in [-0.3, -0.25) is 9.59 Å². The minimum atomic E-state index is -0.361. The molecule has 21 heavy (non-hydrogen) atoms. The Morgan fingerprint density at radius 1 is 1.05 bits per heavy atom. The molecule has 0 radical (unpaired) electrons. The number of nitrogens with zero attached hydrogens (tertiary/aromatic N) is 2. The molecular formula is C17H22N2O2. The minimum absolute atomic E-state index is 0.344. The van der Waals surface area contributed by atoms with E-state index in [2.05, 4.69) is 4.90 Å². The molecule has 112 valence electrons. The van der Waals surface area contributed by atoms with Gasteiger partial charge < -0.3 is 9.80 Å². The predicted octanol–water partition coefficient (Wildman–Crippen LogP) is 2.32. The number of fused-ring (bicyclic) bond motifs is 1. The summed E-state index contributed by atoms with van der Waals surface area (Å²) >= 11 is 0. The van der Waals surface area contributed by atoms with Gasteiger partial charge in [0.05, 0.1) is 11.3 Å². The number of aryl methyl sites for hydroxylation is 2. The number of carbonyl (C=O) groups excluding carboxylic acids is 2. The van der Waals surface area contributed by atoms with Gasteiger partial charge in [-0.25, -0.2) is 0 Å². The van der Waals surface area contributed by atoms with Crippen molar-refractivity contribution in [2.75, 3.05) is 31.1 Å². The zero-order chi connectivity index (χ0) is 15.0. The molecule has 2 heterocycles. The Balaban J connectivity index is 1.74. The fourth-order valence-corrected chi connectivity index (χ4v) is 3.47. The van der Waals surface area contributed by atoms with Gasteiger partial charge in [0, 0.05) is 6.54 Å². The second-order valence-corrected chi connectivity index (χ2v) is 6.16. The van der Waals surface area contributed by atoms with E-state index in [9.17, 15) is 9.59 Å². The maximum atomic E-state index is 12.2. The number of amides is 1. The summed E-state index contributed by atoms with van der Waals surface area (Å²) in [5.41, 5.74) is 3.42. The first-order valence-corrected chi connectivity index (χ1v) is 7.78. The van der Waals surface area contributed by atoms with Crippen LogP contribution < -0.4 is 4.90 Å². The van der Waals surface area contributed by atoms with Crippen LogP contribution in [-0.2, 0) is 4.79 Å². The van der Waals surface area contributed by atoms with E-state index >= 15 is 0 Å². The number of Topliss-reactive ketones (excluding diaryl/α,β-unsaturated/α-hetero) is 1. The summed E-state index contributed by atoms with van der Waals surface area (Å²) in [6.07, 6.45) is 3.48. The molecule has 1 saturated heterocycles. The maximum absolute atomic E-state index is 12.2. The molecule has 2 aliphatic heterocycles. The second-order valence-electron chi connectivity index (χ2n) is 6.16. The van der Waals surface area contributed by atoms with Crippen LogP contribution in [0.15, 0.2) is 12.1 Å². The number of benzene rings is 1. The molecule has 0 bridgehead atoms. The summed E-state index contributed by atoms with van der Waals surface area (Å²) in [7, 11) is 0. The molecule has 0 saturated carbocycles. The number of ketones is 1. The van der Waals surface area contributed by atoms with Crippen LogP contribution in [0.25, 0.3) is 0 Å². The van der Waals surface area contributed by atoms with Crippen molar-refractivity contribution < 1.29 is 9.59 Å². The number of carbonyl (C=O) groups is 2. The third-order valence-corrected chi connectivity index (χ3v) is 4.47. The van der Waals surface area contributed by atoms with E-state index in [0.29, 0.717) is 12.1 Å². The molecule has 0 aromatic heterocycles. The fraction of sp³-hybridized carbons (Fsp3) is 0.529. The van der Waals surface area contributed by atoms with Gasteiger partial charge in [0.1, 0.15) is 0 Å². The van der Waals surface area contributed by atoms with E-state index in [4.69, 9.17) is 0 Å². The van der Waals surface area contributed by atoms with Crippen molar-refractivity contribution in [1.29, 1.82) is 0 Å². The monoisotopic (exact) mass is 286 g/mol. The zero-order valence-electron chi connectivity index (χ0n) is 12.8. The van der Waals surface area contributed by atoms with E-state index in [-0.39, 0.29) is 11.7 Å². The molecule has 4 nitrogen and oxygen atoms in total. The molecule has 0 unspecified atom stereocenters. The smallest absolute Gasteiger partial charge is 0.299 e. The molecule has 1 fully saturated rings. The van der Waals surface area contributed by atoms with Gasteiger partial charge in [0.25, 0.3) is 11.7 Å². The van der Waals surface area contributed by atoms with Gasteiger partial charge in [-0.15, -0.1) is 0 Å². The highest BCUT2D eigenvalue weighted by Gasteiger charge is 2.36. The van der Waals surface area contributed by atoms with E-state index < -0.39 is 0 Å². The first-order valence-electron chi connectivity index (χ1n) is 7.78. The highest BCUT2D eigenvalue weighted by molar-refractivity contribution is 6.52. The molecule has 0 spiro atoms. The van der Waals surface area contributed by atoms with Gasteiger partial charge in [-0.1, -0.05) is 6.07 Å². The molecule has 3 rings (SSSR count). The Labute approximate surface area is 125 Å². The number of hydrogen-bond acceptors (Lipinski definition) is 3. The molecular weight excluding hydrogens is 264 g/mol. The molecule has 0 N–H and O–H groups in total. The lowest BCUT2D eigenvalue weighted by atomic mass is 10.0. The molecule has 1 aromatic carbocycles. The van der Waals surface area contributed by atoms with Crippen LogP contribution >= 0.6 is 0 Å². The standard InChI is InChI=1S/C17H22N2O2/c1-12-10-13(2)15-14(11-12)19(17(21)16(15)20)9-5-8-18-6-3-4-7-18/h10-11H,3-9H2,1-2H3. The summed E-state index contributed by atoms with van der Waals surface area (Å²) in [6, 6.07) is 3.93. The van der Waals surface area contributed by atoms with Crippen LogP contribution in [0.2, 0.25) is 0 Å². The van der Waals surface area contributed by atoms with Crippen molar-refractivity contribution >= 4 is 17.4 Å². The lowest BCUT2D eigenvalue weighted by Gasteiger charge is -2.20.